The highest BCUT2D eigenvalue weighted by Gasteiger charge is 2.00. The van der Waals surface area contributed by atoms with Crippen LogP contribution in [0.2, 0.25) is 0 Å². The van der Waals surface area contributed by atoms with E-state index >= 15 is 0 Å². The maximum Gasteiger partial charge on any atom is 0.118 e. The first-order valence-corrected chi connectivity index (χ1v) is 5.84. The predicted octanol–water partition coefficient (Wildman–Crippen LogP) is 1.30. The van der Waals surface area contributed by atoms with Gasteiger partial charge in [0.2, 0.25) is 0 Å². The molecule has 0 bridgehead atoms. The Morgan fingerprint density at radius 1 is 1.12 bits per heavy atom. The van der Waals surface area contributed by atoms with Crippen molar-refractivity contribution in [2.24, 2.45) is 7.05 Å². The molecule has 90 valence electrons. The molecule has 2 aromatic rings. The number of aryl methyl sites for hydroxylation is 1. The first-order chi connectivity index (χ1) is 8.29. The van der Waals surface area contributed by atoms with Gasteiger partial charge in [0, 0.05) is 18.8 Å². The van der Waals surface area contributed by atoms with Gasteiger partial charge in [-0.15, -0.1) is 0 Å². The Bertz CT molecular complexity index is 459. The van der Waals surface area contributed by atoms with Crippen LogP contribution in [0.4, 0.5) is 0 Å². The van der Waals surface area contributed by atoms with Crippen LogP contribution in [0.1, 0.15) is 11.3 Å². The highest BCUT2D eigenvalue weighted by molar-refractivity contribution is 5.26. The Morgan fingerprint density at radius 3 is 2.47 bits per heavy atom. The molecule has 0 aliphatic carbocycles. The smallest absolute Gasteiger partial charge is 0.118 e. The van der Waals surface area contributed by atoms with Crippen LogP contribution in [0.3, 0.4) is 0 Å². The largest absolute Gasteiger partial charge is 0.497 e. The monoisotopic (exact) mass is 231 g/mol. The second kappa shape index (κ2) is 5.55. The molecule has 2 rings (SSSR count). The van der Waals surface area contributed by atoms with E-state index in [4.69, 9.17) is 4.74 Å². The first kappa shape index (κ1) is 11.7. The van der Waals surface area contributed by atoms with Crippen molar-refractivity contribution in [3.05, 3.63) is 53.9 Å². The SMILES string of the molecule is COc1ccc(C[NH2+]Cc2cccn2C)cc1. The quantitative estimate of drug-likeness (QED) is 0.826. The first-order valence-electron chi connectivity index (χ1n) is 5.84. The Balaban J connectivity index is 1.83. The fourth-order valence-corrected chi connectivity index (χ4v) is 1.86. The average molecular weight is 231 g/mol. The zero-order chi connectivity index (χ0) is 12.1. The predicted molar refractivity (Wildman–Crippen MR) is 67.7 cm³/mol. The zero-order valence-corrected chi connectivity index (χ0v) is 10.4. The Kier molecular flexibility index (Phi) is 3.83. The fraction of sp³-hybridized carbons (Fsp3) is 0.286. The third-order valence-electron chi connectivity index (χ3n) is 2.94. The number of rotatable bonds is 5. The number of nitrogens with two attached hydrogens (primary N) is 1. The van der Waals surface area contributed by atoms with Crippen LogP contribution in [-0.2, 0) is 20.1 Å². The molecular formula is C14H19N2O+. The number of quaternary nitrogens is 1. The molecule has 1 heterocycles. The molecule has 17 heavy (non-hydrogen) atoms. The van der Waals surface area contributed by atoms with Crippen molar-refractivity contribution in [1.29, 1.82) is 0 Å². The molecule has 2 N–H and O–H groups in total. The molecule has 0 aliphatic rings. The van der Waals surface area contributed by atoms with Crippen LogP contribution < -0.4 is 10.1 Å². The Labute approximate surface area is 102 Å². The molecule has 0 spiro atoms. The molecule has 0 fully saturated rings. The van der Waals surface area contributed by atoms with Crippen LogP contribution in [0.15, 0.2) is 42.6 Å². The summed E-state index contributed by atoms with van der Waals surface area (Å²) in [6.45, 7) is 2.00. The lowest BCUT2D eigenvalue weighted by Crippen LogP contribution is -2.81. The van der Waals surface area contributed by atoms with Gasteiger partial charge in [-0.1, -0.05) is 0 Å². The lowest BCUT2D eigenvalue weighted by atomic mass is 10.2. The Morgan fingerprint density at radius 2 is 1.88 bits per heavy atom. The summed E-state index contributed by atoms with van der Waals surface area (Å²) in [5, 5.41) is 2.30. The highest BCUT2D eigenvalue weighted by Crippen LogP contribution is 2.10. The van der Waals surface area contributed by atoms with Crippen LogP contribution in [0, 0.1) is 0 Å². The summed E-state index contributed by atoms with van der Waals surface area (Å²) in [5.41, 5.74) is 2.67. The summed E-state index contributed by atoms with van der Waals surface area (Å²) in [6.07, 6.45) is 2.08. The van der Waals surface area contributed by atoms with E-state index in [0.717, 1.165) is 18.8 Å². The van der Waals surface area contributed by atoms with Gasteiger partial charge in [-0.2, -0.15) is 0 Å². The minimum absolute atomic E-state index is 0.913. The lowest BCUT2D eigenvalue weighted by Gasteiger charge is -2.04. The van der Waals surface area contributed by atoms with Gasteiger partial charge in [-0.3, -0.25) is 0 Å². The van der Waals surface area contributed by atoms with Crippen molar-refractivity contribution in [3.63, 3.8) is 0 Å². The van der Waals surface area contributed by atoms with Gasteiger partial charge in [-0.25, -0.2) is 0 Å². The summed E-state index contributed by atoms with van der Waals surface area (Å²) in [7, 11) is 3.77. The second-order valence-corrected chi connectivity index (χ2v) is 4.16. The molecule has 0 aliphatic heterocycles. The van der Waals surface area contributed by atoms with Gasteiger partial charge in [0.05, 0.1) is 12.8 Å². The molecular weight excluding hydrogens is 212 g/mol. The minimum atomic E-state index is 0.913. The number of benzene rings is 1. The average Bonchev–Trinajstić information content (AvgIpc) is 2.76. The zero-order valence-electron chi connectivity index (χ0n) is 10.4. The van der Waals surface area contributed by atoms with Crippen molar-refractivity contribution < 1.29 is 10.1 Å². The van der Waals surface area contributed by atoms with Gasteiger partial charge in [-0.05, 0) is 36.4 Å². The lowest BCUT2D eigenvalue weighted by molar-refractivity contribution is -0.687. The molecule has 0 atom stereocenters. The van der Waals surface area contributed by atoms with E-state index < -0.39 is 0 Å². The molecule has 1 aromatic heterocycles. The minimum Gasteiger partial charge on any atom is -0.497 e. The summed E-state index contributed by atoms with van der Waals surface area (Å²) < 4.78 is 7.29. The molecule has 0 unspecified atom stereocenters. The maximum atomic E-state index is 5.13. The number of aromatic nitrogens is 1. The van der Waals surface area contributed by atoms with Crippen molar-refractivity contribution in [2.75, 3.05) is 7.11 Å². The summed E-state index contributed by atoms with van der Waals surface area (Å²) in [6, 6.07) is 12.5. The maximum absolute atomic E-state index is 5.13. The summed E-state index contributed by atoms with van der Waals surface area (Å²) in [5.74, 6) is 0.913. The normalized spacial score (nSPS) is 10.5. The standard InChI is InChI=1S/C14H18N2O/c1-16-9-3-4-13(16)11-15-10-12-5-7-14(17-2)8-6-12/h3-9,15H,10-11H2,1-2H3/p+1. The Hall–Kier alpha value is -1.74. The van der Waals surface area contributed by atoms with E-state index in [1.54, 1.807) is 7.11 Å². The van der Waals surface area contributed by atoms with Crippen LogP contribution in [0.25, 0.3) is 0 Å². The van der Waals surface area contributed by atoms with E-state index in [1.165, 1.54) is 11.3 Å². The molecule has 0 radical (unpaired) electrons. The van der Waals surface area contributed by atoms with Crippen LogP contribution >= 0.6 is 0 Å². The van der Waals surface area contributed by atoms with Crippen molar-refractivity contribution in [3.8, 4) is 5.75 Å². The fourth-order valence-electron chi connectivity index (χ4n) is 1.86. The third kappa shape index (κ3) is 3.11. The molecule has 3 nitrogen and oxygen atoms in total. The molecule has 0 saturated heterocycles. The number of hydrogen-bond donors (Lipinski definition) is 1. The van der Waals surface area contributed by atoms with E-state index in [2.05, 4.69) is 47.4 Å². The summed E-state index contributed by atoms with van der Waals surface area (Å²) >= 11 is 0. The van der Waals surface area contributed by atoms with Gasteiger partial charge in [0.25, 0.3) is 0 Å². The van der Waals surface area contributed by atoms with Gasteiger partial charge < -0.3 is 14.6 Å². The van der Waals surface area contributed by atoms with E-state index in [9.17, 15) is 0 Å². The van der Waals surface area contributed by atoms with Crippen molar-refractivity contribution >= 4 is 0 Å². The van der Waals surface area contributed by atoms with Gasteiger partial charge >= 0.3 is 0 Å². The van der Waals surface area contributed by atoms with Crippen LogP contribution in [-0.4, -0.2) is 11.7 Å². The van der Waals surface area contributed by atoms with E-state index in [0.29, 0.717) is 0 Å². The molecule has 1 aromatic carbocycles. The molecule has 3 heteroatoms. The van der Waals surface area contributed by atoms with Crippen LogP contribution in [0.5, 0.6) is 5.75 Å². The van der Waals surface area contributed by atoms with Gasteiger partial charge in [0.15, 0.2) is 0 Å². The number of ether oxygens (including phenoxy) is 1. The van der Waals surface area contributed by atoms with Crippen molar-refractivity contribution in [2.45, 2.75) is 13.1 Å². The number of methoxy groups -OCH3 is 1. The van der Waals surface area contributed by atoms with E-state index in [1.807, 2.05) is 12.1 Å². The molecule has 0 saturated carbocycles. The number of nitrogens with zero attached hydrogens (tertiary/aromatic N) is 1. The van der Waals surface area contributed by atoms with E-state index in [-0.39, 0.29) is 0 Å². The number of hydrogen-bond acceptors (Lipinski definition) is 1. The van der Waals surface area contributed by atoms with Crippen molar-refractivity contribution in [1.82, 2.24) is 4.57 Å². The third-order valence-corrected chi connectivity index (χ3v) is 2.94. The summed E-state index contributed by atoms with van der Waals surface area (Å²) in [4.78, 5) is 0. The van der Waals surface area contributed by atoms with Gasteiger partial charge in [0.1, 0.15) is 18.8 Å². The molecule has 0 amide bonds. The topological polar surface area (TPSA) is 30.8 Å². The second-order valence-electron chi connectivity index (χ2n) is 4.16. The highest BCUT2D eigenvalue weighted by atomic mass is 16.5.